The molecule has 3 rings (SSSR count). The van der Waals surface area contributed by atoms with Gasteiger partial charge < -0.3 is 10.5 Å². The van der Waals surface area contributed by atoms with Gasteiger partial charge in [-0.1, -0.05) is 0 Å². The maximum Gasteiger partial charge on any atom is 0.114 e. The smallest absolute Gasteiger partial charge is 0.114 e. The second-order valence-corrected chi connectivity index (χ2v) is 4.55. The van der Waals surface area contributed by atoms with E-state index in [1.807, 2.05) is 0 Å². The molecule has 0 saturated heterocycles. The molecule has 15 heavy (non-hydrogen) atoms. The molecule has 0 unspecified atom stereocenters. The normalized spacial score (nSPS) is 25.3. The van der Waals surface area contributed by atoms with Gasteiger partial charge in [0.25, 0.3) is 0 Å². The molecule has 1 saturated carbocycles. The fourth-order valence-corrected chi connectivity index (χ4v) is 2.17. The van der Waals surface area contributed by atoms with E-state index in [-0.39, 0.29) is 6.10 Å². The van der Waals surface area contributed by atoms with Gasteiger partial charge in [0.1, 0.15) is 6.10 Å². The lowest BCUT2D eigenvalue weighted by molar-refractivity contribution is 0.0454. The number of rotatable bonds is 3. The van der Waals surface area contributed by atoms with Crippen LogP contribution in [0.15, 0.2) is 6.20 Å². The topological polar surface area (TPSA) is 53.1 Å². The van der Waals surface area contributed by atoms with E-state index >= 15 is 0 Å². The number of hydrogen-bond acceptors (Lipinski definition) is 3. The van der Waals surface area contributed by atoms with E-state index in [9.17, 15) is 0 Å². The second-order valence-electron chi connectivity index (χ2n) is 4.55. The lowest BCUT2D eigenvalue weighted by atomic mass is 10.1. The number of ether oxygens (including phenoxy) is 1. The molecule has 1 fully saturated rings. The molecular weight excluding hydrogens is 190 g/mol. The van der Waals surface area contributed by atoms with Crippen LogP contribution in [0.4, 0.5) is 0 Å². The van der Waals surface area contributed by atoms with Crippen molar-refractivity contribution >= 4 is 0 Å². The Morgan fingerprint density at radius 1 is 1.53 bits per heavy atom. The van der Waals surface area contributed by atoms with Crippen LogP contribution >= 0.6 is 0 Å². The maximum atomic E-state index is 5.67. The first-order valence-electron chi connectivity index (χ1n) is 5.74. The predicted molar refractivity (Wildman–Crippen MR) is 56.4 cm³/mol. The average molecular weight is 207 g/mol. The first kappa shape index (κ1) is 9.36. The molecular formula is C11H17N3O. The van der Waals surface area contributed by atoms with Crippen molar-refractivity contribution in [3.05, 3.63) is 17.5 Å². The lowest BCUT2D eigenvalue weighted by Crippen LogP contribution is -2.22. The fourth-order valence-electron chi connectivity index (χ4n) is 2.17. The zero-order valence-corrected chi connectivity index (χ0v) is 8.85. The van der Waals surface area contributed by atoms with Crippen molar-refractivity contribution in [1.82, 2.24) is 9.78 Å². The molecule has 1 aromatic rings. The Kier molecular flexibility index (Phi) is 2.25. The fraction of sp³-hybridized carbons (Fsp3) is 0.727. The largest absolute Gasteiger partial charge is 0.370 e. The molecule has 2 heterocycles. The Morgan fingerprint density at radius 3 is 3.13 bits per heavy atom. The van der Waals surface area contributed by atoms with Crippen molar-refractivity contribution in [2.24, 2.45) is 11.7 Å². The molecule has 0 radical (unpaired) electrons. The van der Waals surface area contributed by atoms with Crippen LogP contribution in [-0.4, -0.2) is 22.9 Å². The molecule has 2 N–H and O–H groups in total. The molecule has 4 nitrogen and oxygen atoms in total. The molecule has 0 amide bonds. The number of aromatic nitrogens is 2. The zero-order chi connectivity index (χ0) is 10.3. The van der Waals surface area contributed by atoms with Crippen LogP contribution in [0.1, 0.15) is 30.2 Å². The summed E-state index contributed by atoms with van der Waals surface area (Å²) in [6.07, 6.45) is 5.91. The highest BCUT2D eigenvalue weighted by Crippen LogP contribution is 2.31. The molecule has 0 spiro atoms. The summed E-state index contributed by atoms with van der Waals surface area (Å²) in [5.74, 6) is 0.864. The number of nitrogens with two attached hydrogens (primary N) is 1. The summed E-state index contributed by atoms with van der Waals surface area (Å²) in [6.45, 7) is 2.39. The average Bonchev–Trinajstić information content (AvgIpc) is 2.95. The minimum Gasteiger partial charge on any atom is -0.370 e. The van der Waals surface area contributed by atoms with Crippen LogP contribution in [0.2, 0.25) is 0 Å². The number of fused-ring (bicyclic) bond motifs is 1. The second kappa shape index (κ2) is 3.61. The number of hydrogen-bond donors (Lipinski definition) is 1. The summed E-state index contributed by atoms with van der Waals surface area (Å²) in [6, 6.07) is 0. The summed E-state index contributed by atoms with van der Waals surface area (Å²) in [5.41, 5.74) is 8.07. The molecule has 2 aliphatic rings. The van der Waals surface area contributed by atoms with Crippen molar-refractivity contribution in [2.75, 3.05) is 13.2 Å². The highest BCUT2D eigenvalue weighted by Gasteiger charge is 2.26. The van der Waals surface area contributed by atoms with E-state index in [1.54, 1.807) is 0 Å². The monoisotopic (exact) mass is 207 g/mol. The van der Waals surface area contributed by atoms with Crippen molar-refractivity contribution in [3.63, 3.8) is 0 Å². The van der Waals surface area contributed by atoms with Crippen LogP contribution < -0.4 is 5.73 Å². The molecule has 82 valence electrons. The zero-order valence-electron chi connectivity index (χ0n) is 8.85. The van der Waals surface area contributed by atoms with Gasteiger partial charge in [0, 0.05) is 19.3 Å². The van der Waals surface area contributed by atoms with Gasteiger partial charge in [0.2, 0.25) is 0 Å². The summed E-state index contributed by atoms with van der Waals surface area (Å²) in [5, 5.41) is 4.59. The maximum absolute atomic E-state index is 5.67. The minimum absolute atomic E-state index is 0.0224. The van der Waals surface area contributed by atoms with E-state index in [1.165, 1.54) is 18.4 Å². The lowest BCUT2D eigenvalue weighted by Gasteiger charge is -2.19. The van der Waals surface area contributed by atoms with Crippen LogP contribution in [0, 0.1) is 5.92 Å². The van der Waals surface area contributed by atoms with Crippen LogP contribution in [0.5, 0.6) is 0 Å². The van der Waals surface area contributed by atoms with Gasteiger partial charge in [-0.05, 0) is 30.7 Å². The number of nitrogens with zero attached hydrogens (tertiary/aromatic N) is 2. The van der Waals surface area contributed by atoms with E-state index in [0.717, 1.165) is 31.2 Å². The quantitative estimate of drug-likeness (QED) is 0.800. The Balaban J connectivity index is 1.83. The van der Waals surface area contributed by atoms with E-state index < -0.39 is 0 Å². The SMILES string of the molecule is NC[C@@H]1OCCc2cn(CC3CC3)nc21. The van der Waals surface area contributed by atoms with Gasteiger partial charge in [-0.25, -0.2) is 0 Å². The first-order chi connectivity index (χ1) is 7.36. The molecule has 1 aromatic heterocycles. The van der Waals surface area contributed by atoms with Gasteiger partial charge >= 0.3 is 0 Å². The van der Waals surface area contributed by atoms with Crippen LogP contribution in [0.25, 0.3) is 0 Å². The molecule has 4 heteroatoms. The minimum atomic E-state index is 0.0224. The standard InChI is InChI=1S/C11H17N3O/c12-5-10-11-9(3-4-15-10)7-14(13-11)6-8-1-2-8/h7-8,10H,1-6,12H2/t10-/m0/s1. The molecule has 1 atom stereocenters. The molecule has 0 bridgehead atoms. The predicted octanol–water partition coefficient (Wildman–Crippen LogP) is 0.866. The summed E-state index contributed by atoms with van der Waals surface area (Å²) in [4.78, 5) is 0. The Labute approximate surface area is 89.4 Å². The van der Waals surface area contributed by atoms with Crippen molar-refractivity contribution in [1.29, 1.82) is 0 Å². The van der Waals surface area contributed by atoms with Crippen molar-refractivity contribution in [3.8, 4) is 0 Å². The van der Waals surface area contributed by atoms with Gasteiger partial charge in [0.05, 0.1) is 12.3 Å². The third kappa shape index (κ3) is 1.79. The van der Waals surface area contributed by atoms with Crippen molar-refractivity contribution in [2.45, 2.75) is 31.9 Å². The van der Waals surface area contributed by atoms with Crippen molar-refractivity contribution < 1.29 is 4.74 Å². The molecule has 0 aromatic carbocycles. The van der Waals surface area contributed by atoms with Crippen LogP contribution in [0.3, 0.4) is 0 Å². The van der Waals surface area contributed by atoms with Gasteiger partial charge in [-0.2, -0.15) is 5.10 Å². The first-order valence-corrected chi connectivity index (χ1v) is 5.74. The van der Waals surface area contributed by atoms with Gasteiger partial charge in [-0.3, -0.25) is 4.68 Å². The van der Waals surface area contributed by atoms with E-state index in [4.69, 9.17) is 10.5 Å². The Morgan fingerprint density at radius 2 is 2.40 bits per heavy atom. The third-order valence-corrected chi connectivity index (χ3v) is 3.22. The highest BCUT2D eigenvalue weighted by molar-refractivity contribution is 5.22. The highest BCUT2D eigenvalue weighted by atomic mass is 16.5. The summed E-state index contributed by atoms with van der Waals surface area (Å²) < 4.78 is 7.67. The molecule has 1 aliphatic heterocycles. The van der Waals surface area contributed by atoms with Gasteiger partial charge in [-0.15, -0.1) is 0 Å². The van der Waals surface area contributed by atoms with E-state index in [0.29, 0.717) is 6.54 Å². The van der Waals surface area contributed by atoms with Crippen LogP contribution in [-0.2, 0) is 17.7 Å². The summed E-state index contributed by atoms with van der Waals surface area (Å²) in [7, 11) is 0. The summed E-state index contributed by atoms with van der Waals surface area (Å²) >= 11 is 0. The van der Waals surface area contributed by atoms with E-state index in [2.05, 4.69) is 16.0 Å². The Hall–Kier alpha value is -0.870. The van der Waals surface area contributed by atoms with Gasteiger partial charge in [0.15, 0.2) is 0 Å². The molecule has 1 aliphatic carbocycles. The third-order valence-electron chi connectivity index (χ3n) is 3.22. The Bertz CT molecular complexity index is 357.